The van der Waals surface area contributed by atoms with E-state index in [1.165, 1.54) is 5.56 Å². The van der Waals surface area contributed by atoms with Gasteiger partial charge in [-0.15, -0.1) is 0 Å². The van der Waals surface area contributed by atoms with Gasteiger partial charge in [0.2, 0.25) is 0 Å². The number of hydrogen-bond acceptors (Lipinski definition) is 6. The van der Waals surface area contributed by atoms with E-state index >= 15 is 0 Å². The number of aryl methyl sites for hydroxylation is 2. The molecule has 0 saturated carbocycles. The SMILES string of the molecule is Cc1c(C(=O)NC[C@@H]2CCCO2)oc2c1-c1nn(C[C@@H]3COCO3)cc1CC2. The van der Waals surface area contributed by atoms with Gasteiger partial charge in [0.25, 0.3) is 5.91 Å². The second-order valence-electron chi connectivity index (χ2n) is 7.70. The van der Waals surface area contributed by atoms with Gasteiger partial charge < -0.3 is 23.9 Å². The number of nitrogens with one attached hydrogen (secondary N) is 1. The van der Waals surface area contributed by atoms with Gasteiger partial charge in [0.15, 0.2) is 5.76 Å². The molecule has 150 valence electrons. The first-order chi connectivity index (χ1) is 13.7. The van der Waals surface area contributed by atoms with Gasteiger partial charge in [-0.1, -0.05) is 0 Å². The minimum Gasteiger partial charge on any atom is -0.455 e. The van der Waals surface area contributed by atoms with Crippen LogP contribution < -0.4 is 5.32 Å². The van der Waals surface area contributed by atoms with Crippen molar-refractivity contribution in [2.24, 2.45) is 0 Å². The average molecular weight is 387 g/mol. The number of ether oxygens (including phenoxy) is 3. The van der Waals surface area contributed by atoms with Crippen LogP contribution in [0.4, 0.5) is 0 Å². The maximum Gasteiger partial charge on any atom is 0.287 e. The summed E-state index contributed by atoms with van der Waals surface area (Å²) in [5, 5.41) is 7.72. The Labute approximate surface area is 163 Å². The number of rotatable bonds is 5. The molecule has 2 atom stereocenters. The third-order valence-corrected chi connectivity index (χ3v) is 5.72. The van der Waals surface area contributed by atoms with E-state index in [1.807, 2.05) is 11.6 Å². The van der Waals surface area contributed by atoms with Crippen LogP contribution in [0.25, 0.3) is 11.3 Å². The van der Waals surface area contributed by atoms with Crippen molar-refractivity contribution in [3.8, 4) is 11.3 Å². The zero-order valence-corrected chi connectivity index (χ0v) is 16.0. The second-order valence-corrected chi connectivity index (χ2v) is 7.70. The summed E-state index contributed by atoms with van der Waals surface area (Å²) in [5.74, 6) is 1.05. The predicted octanol–water partition coefficient (Wildman–Crippen LogP) is 1.83. The first-order valence-corrected chi connectivity index (χ1v) is 9.97. The number of amides is 1. The topological polar surface area (TPSA) is 87.8 Å². The summed E-state index contributed by atoms with van der Waals surface area (Å²) in [4.78, 5) is 12.7. The first kappa shape index (κ1) is 17.9. The van der Waals surface area contributed by atoms with E-state index in [-0.39, 0.29) is 18.1 Å². The Morgan fingerprint density at radius 3 is 3.04 bits per heavy atom. The molecule has 0 radical (unpaired) electrons. The van der Waals surface area contributed by atoms with Crippen molar-refractivity contribution < 1.29 is 23.4 Å². The lowest BCUT2D eigenvalue weighted by Gasteiger charge is -2.10. The van der Waals surface area contributed by atoms with Crippen LogP contribution in [0, 0.1) is 6.92 Å². The number of aromatic nitrogens is 2. The van der Waals surface area contributed by atoms with Crippen LogP contribution in [0.5, 0.6) is 0 Å². The molecule has 2 aromatic heterocycles. The Morgan fingerprint density at radius 2 is 2.25 bits per heavy atom. The normalized spacial score (nSPS) is 23.6. The Balaban J connectivity index is 1.36. The van der Waals surface area contributed by atoms with Crippen LogP contribution in [0.3, 0.4) is 0 Å². The average Bonchev–Trinajstić information content (AvgIpc) is 3.47. The van der Waals surface area contributed by atoms with Crippen molar-refractivity contribution in [1.82, 2.24) is 15.1 Å². The molecular weight excluding hydrogens is 362 g/mol. The quantitative estimate of drug-likeness (QED) is 0.842. The lowest BCUT2D eigenvalue weighted by Crippen LogP contribution is -2.31. The van der Waals surface area contributed by atoms with Gasteiger partial charge in [-0.2, -0.15) is 5.10 Å². The van der Waals surface area contributed by atoms with E-state index in [2.05, 4.69) is 11.5 Å². The van der Waals surface area contributed by atoms with Gasteiger partial charge in [0.1, 0.15) is 18.7 Å². The lowest BCUT2D eigenvalue weighted by atomic mass is 9.93. The lowest BCUT2D eigenvalue weighted by molar-refractivity contribution is 0.0413. The van der Waals surface area contributed by atoms with Gasteiger partial charge in [-0.05, 0) is 31.7 Å². The molecule has 1 N–H and O–H groups in total. The Bertz CT molecular complexity index is 875. The maximum atomic E-state index is 12.7. The van der Waals surface area contributed by atoms with Crippen molar-refractivity contribution in [1.29, 1.82) is 0 Å². The molecule has 2 aromatic rings. The number of carbonyl (C=O) groups excluding carboxylic acids is 1. The number of hydrogen-bond donors (Lipinski definition) is 1. The zero-order chi connectivity index (χ0) is 19.1. The van der Waals surface area contributed by atoms with E-state index in [4.69, 9.17) is 23.7 Å². The van der Waals surface area contributed by atoms with Crippen LogP contribution in [-0.4, -0.2) is 54.4 Å². The highest BCUT2D eigenvalue weighted by molar-refractivity contribution is 5.95. The van der Waals surface area contributed by atoms with Crippen LogP contribution in [-0.2, 0) is 33.6 Å². The fraction of sp³-hybridized carbons (Fsp3) is 0.600. The molecule has 3 aliphatic rings. The molecule has 5 rings (SSSR count). The predicted molar refractivity (Wildman–Crippen MR) is 99.1 cm³/mol. The van der Waals surface area contributed by atoms with Crippen LogP contribution in [0.1, 0.15) is 40.3 Å². The third-order valence-electron chi connectivity index (χ3n) is 5.72. The van der Waals surface area contributed by atoms with Gasteiger partial charge >= 0.3 is 0 Å². The van der Waals surface area contributed by atoms with Gasteiger partial charge in [0.05, 0.1) is 24.9 Å². The van der Waals surface area contributed by atoms with Gasteiger partial charge in [-0.25, -0.2) is 0 Å². The third kappa shape index (κ3) is 3.25. The molecule has 8 heteroatoms. The fourth-order valence-electron chi connectivity index (χ4n) is 4.25. The van der Waals surface area contributed by atoms with E-state index in [1.54, 1.807) is 0 Å². The molecule has 28 heavy (non-hydrogen) atoms. The molecule has 2 fully saturated rings. The molecule has 8 nitrogen and oxygen atoms in total. The van der Waals surface area contributed by atoms with E-state index in [0.29, 0.717) is 32.2 Å². The maximum absolute atomic E-state index is 12.7. The molecule has 4 heterocycles. The molecular formula is C20H25N3O5. The van der Waals surface area contributed by atoms with Crippen LogP contribution in [0.15, 0.2) is 10.6 Å². The smallest absolute Gasteiger partial charge is 0.287 e. The Morgan fingerprint density at radius 1 is 1.32 bits per heavy atom. The molecule has 0 aromatic carbocycles. The minimum atomic E-state index is -0.181. The first-order valence-electron chi connectivity index (χ1n) is 9.97. The largest absolute Gasteiger partial charge is 0.455 e. The molecule has 1 aliphatic carbocycles. The highest BCUT2D eigenvalue weighted by Gasteiger charge is 2.30. The molecule has 2 saturated heterocycles. The summed E-state index contributed by atoms with van der Waals surface area (Å²) in [6, 6.07) is 0. The van der Waals surface area contributed by atoms with Crippen molar-refractivity contribution in [3.63, 3.8) is 0 Å². The standard InChI is InChI=1S/C20H25N3O5/c1-12-17-16(28-19(12)20(24)21-7-14-3-2-6-26-14)5-4-13-8-23(22-18(13)17)9-15-10-25-11-27-15/h8,14-15H,2-7,9-11H2,1H3,(H,21,24)/t14-,15+/m0/s1. The zero-order valence-electron chi connectivity index (χ0n) is 16.0. The Hall–Kier alpha value is -2.16. The van der Waals surface area contributed by atoms with Crippen molar-refractivity contribution in [3.05, 3.63) is 28.8 Å². The van der Waals surface area contributed by atoms with Crippen LogP contribution >= 0.6 is 0 Å². The van der Waals surface area contributed by atoms with E-state index in [0.717, 1.165) is 54.9 Å². The number of carbonyl (C=O) groups is 1. The molecule has 0 bridgehead atoms. The van der Waals surface area contributed by atoms with E-state index in [9.17, 15) is 4.79 Å². The fourth-order valence-corrected chi connectivity index (χ4v) is 4.25. The summed E-state index contributed by atoms with van der Waals surface area (Å²) < 4.78 is 24.2. The summed E-state index contributed by atoms with van der Waals surface area (Å²) in [6.07, 6.45) is 5.89. The summed E-state index contributed by atoms with van der Waals surface area (Å²) in [5.41, 5.74) is 3.92. The Kier molecular flexibility index (Phi) is 4.70. The molecule has 1 amide bonds. The van der Waals surface area contributed by atoms with Gasteiger partial charge in [-0.3, -0.25) is 9.48 Å². The van der Waals surface area contributed by atoms with Crippen molar-refractivity contribution in [2.45, 2.75) is 51.4 Å². The summed E-state index contributed by atoms with van der Waals surface area (Å²) in [7, 11) is 0. The summed E-state index contributed by atoms with van der Waals surface area (Å²) in [6.45, 7) is 4.83. The summed E-state index contributed by atoms with van der Waals surface area (Å²) >= 11 is 0. The van der Waals surface area contributed by atoms with Crippen molar-refractivity contribution in [2.75, 3.05) is 26.6 Å². The monoisotopic (exact) mass is 387 g/mol. The minimum absolute atomic E-state index is 0.0328. The van der Waals surface area contributed by atoms with Crippen molar-refractivity contribution >= 4 is 5.91 Å². The molecule has 0 unspecified atom stereocenters. The molecule has 2 aliphatic heterocycles. The number of nitrogens with zero attached hydrogens (tertiary/aromatic N) is 2. The van der Waals surface area contributed by atoms with Gasteiger partial charge in [0, 0.05) is 36.9 Å². The highest BCUT2D eigenvalue weighted by atomic mass is 16.7. The highest BCUT2D eigenvalue weighted by Crippen LogP contribution is 2.38. The number of furan rings is 1. The molecule has 0 spiro atoms. The van der Waals surface area contributed by atoms with E-state index < -0.39 is 0 Å². The second kappa shape index (κ2) is 7.35. The number of fused-ring (bicyclic) bond motifs is 3. The van der Waals surface area contributed by atoms with Crippen LogP contribution in [0.2, 0.25) is 0 Å².